The van der Waals surface area contributed by atoms with Crippen molar-refractivity contribution in [3.63, 3.8) is 0 Å². The number of allylic oxidation sites excluding steroid dienone is 10. The van der Waals surface area contributed by atoms with Crippen LogP contribution in [0.15, 0.2) is 153 Å². The van der Waals surface area contributed by atoms with Crippen molar-refractivity contribution in [1.29, 1.82) is 0 Å². The van der Waals surface area contributed by atoms with Gasteiger partial charge in [0.05, 0.1) is 22.1 Å². The first-order valence-corrected chi connectivity index (χ1v) is 19.9. The Hall–Kier alpha value is -6.52. The molecule has 5 aromatic carbocycles. The maximum absolute atomic E-state index is 5.24. The van der Waals surface area contributed by atoms with Crippen molar-refractivity contribution in [2.75, 3.05) is 0 Å². The van der Waals surface area contributed by atoms with Gasteiger partial charge >= 0.3 is 0 Å². The van der Waals surface area contributed by atoms with Gasteiger partial charge in [0.2, 0.25) is 0 Å². The van der Waals surface area contributed by atoms with E-state index in [4.69, 9.17) is 9.97 Å². The van der Waals surface area contributed by atoms with E-state index in [1.54, 1.807) is 0 Å². The molecule has 0 amide bonds. The van der Waals surface area contributed by atoms with Crippen molar-refractivity contribution >= 4 is 33.5 Å². The fourth-order valence-corrected chi connectivity index (χ4v) is 9.51. The highest BCUT2D eigenvalue weighted by atomic mass is 15.1. The molecule has 0 fully saturated rings. The number of nitrogens with zero attached hydrogens (tertiary/aromatic N) is 4. The number of aryl methyl sites for hydroxylation is 1. The van der Waals surface area contributed by atoms with Gasteiger partial charge in [-0.2, -0.15) is 0 Å². The van der Waals surface area contributed by atoms with E-state index in [9.17, 15) is 0 Å². The molecule has 2 aliphatic rings. The number of aromatic nitrogens is 4. The Morgan fingerprint density at radius 2 is 1.05 bits per heavy atom. The largest absolute Gasteiger partial charge is 0.292 e. The maximum Gasteiger partial charge on any atom is 0.145 e. The summed E-state index contributed by atoms with van der Waals surface area (Å²) in [5.74, 6) is 1.85. The molecule has 0 radical (unpaired) electrons. The van der Waals surface area contributed by atoms with Crippen LogP contribution in [0.5, 0.6) is 0 Å². The van der Waals surface area contributed by atoms with Crippen molar-refractivity contribution < 1.29 is 0 Å². The second-order valence-corrected chi connectivity index (χ2v) is 16.3. The lowest BCUT2D eigenvalue weighted by Crippen LogP contribution is -2.17. The number of imidazole rings is 2. The van der Waals surface area contributed by atoms with Crippen LogP contribution in [-0.2, 0) is 10.8 Å². The minimum atomic E-state index is -0.223. The van der Waals surface area contributed by atoms with Gasteiger partial charge in [-0.15, -0.1) is 0 Å². The van der Waals surface area contributed by atoms with Crippen molar-refractivity contribution in [3.8, 4) is 45.0 Å². The third kappa shape index (κ3) is 5.34. The summed E-state index contributed by atoms with van der Waals surface area (Å²) in [5, 5.41) is 0. The highest BCUT2D eigenvalue weighted by molar-refractivity contribution is 5.94. The standard InChI is InChI=1S/C53H48N4/c1-10-18-36(19-11-2)56-47-24-16-14-22-45(47)54-50(56)34-26-27-38-39-31-43-40(32-42(39)52(6,7)41(38)29-34)49-33(5)28-35(30-44(49)53(43,8)9)51-55-46-23-15-17-25-48(46)57(51)37(20-12-3)21-13-4/h10-32H,1,3H2,2,4-9H3. The van der Waals surface area contributed by atoms with E-state index in [1.165, 1.54) is 50.1 Å². The quantitative estimate of drug-likeness (QED) is 0.145. The summed E-state index contributed by atoms with van der Waals surface area (Å²) in [6.07, 6.45) is 16.2. The molecule has 0 atom stereocenters. The van der Waals surface area contributed by atoms with Crippen molar-refractivity contribution in [2.45, 2.75) is 59.3 Å². The van der Waals surface area contributed by atoms with Gasteiger partial charge in [-0.3, -0.25) is 9.13 Å². The Labute approximate surface area is 336 Å². The van der Waals surface area contributed by atoms with E-state index in [0.29, 0.717) is 0 Å². The molecule has 0 aliphatic heterocycles. The molecule has 0 N–H and O–H groups in total. The monoisotopic (exact) mass is 740 g/mol. The summed E-state index contributed by atoms with van der Waals surface area (Å²) in [4.78, 5) is 10.4. The predicted molar refractivity (Wildman–Crippen MR) is 242 cm³/mol. The SMILES string of the molecule is C=CC=C(C=CC)n1c(-c2ccc3c(c2)C(C)(C)c2cc4c(cc2-3)C(C)(C)c2cc(-c3nc5ccccc5n3C(C=CC)=CC=C)cc(C)c2-4)nc2ccccc21. The summed E-state index contributed by atoms with van der Waals surface area (Å²) in [6.45, 7) is 23.9. The van der Waals surface area contributed by atoms with E-state index in [2.05, 4.69) is 178 Å². The van der Waals surface area contributed by atoms with Crippen molar-refractivity contribution in [1.82, 2.24) is 19.1 Å². The molecule has 280 valence electrons. The minimum Gasteiger partial charge on any atom is -0.292 e. The van der Waals surface area contributed by atoms with Crippen LogP contribution in [0.3, 0.4) is 0 Å². The van der Waals surface area contributed by atoms with Gasteiger partial charge in [0, 0.05) is 33.4 Å². The maximum atomic E-state index is 5.24. The first-order chi connectivity index (χ1) is 27.5. The third-order valence-corrected chi connectivity index (χ3v) is 12.2. The fraction of sp³-hybridized carbons (Fsp3) is 0.170. The second kappa shape index (κ2) is 13.3. The van der Waals surface area contributed by atoms with Crippen LogP contribution in [-0.4, -0.2) is 19.1 Å². The van der Waals surface area contributed by atoms with Crippen LogP contribution in [0.25, 0.3) is 78.5 Å². The third-order valence-electron chi connectivity index (χ3n) is 12.2. The van der Waals surface area contributed by atoms with Gasteiger partial charge < -0.3 is 0 Å². The molecule has 0 unspecified atom stereocenters. The lowest BCUT2D eigenvalue weighted by molar-refractivity contribution is 0.652. The molecular formula is C53H48N4. The van der Waals surface area contributed by atoms with Crippen LogP contribution in [0.4, 0.5) is 0 Å². The molecular weight excluding hydrogens is 693 g/mol. The smallest absolute Gasteiger partial charge is 0.145 e. The first kappa shape index (κ1) is 36.1. The zero-order valence-corrected chi connectivity index (χ0v) is 34.0. The number of hydrogen-bond donors (Lipinski definition) is 0. The van der Waals surface area contributed by atoms with Crippen molar-refractivity contribution in [3.05, 3.63) is 181 Å². The second-order valence-electron chi connectivity index (χ2n) is 16.3. The Balaban J connectivity index is 1.18. The molecule has 2 aliphatic carbocycles. The van der Waals surface area contributed by atoms with Crippen molar-refractivity contribution in [2.24, 2.45) is 0 Å². The van der Waals surface area contributed by atoms with Crippen LogP contribution >= 0.6 is 0 Å². The first-order valence-electron chi connectivity index (χ1n) is 19.9. The van der Waals surface area contributed by atoms with Crippen LogP contribution in [0.1, 0.15) is 69.4 Å². The predicted octanol–water partition coefficient (Wildman–Crippen LogP) is 13.8. The molecule has 4 heteroatoms. The molecule has 0 saturated carbocycles. The highest BCUT2D eigenvalue weighted by Gasteiger charge is 2.42. The molecule has 0 spiro atoms. The average molecular weight is 741 g/mol. The molecule has 57 heavy (non-hydrogen) atoms. The Morgan fingerprint density at radius 3 is 1.63 bits per heavy atom. The summed E-state index contributed by atoms with van der Waals surface area (Å²) in [6, 6.07) is 33.4. The van der Waals surface area contributed by atoms with E-state index >= 15 is 0 Å². The van der Waals surface area contributed by atoms with Gasteiger partial charge in [0.1, 0.15) is 11.6 Å². The number of para-hydroxylation sites is 4. The Bertz CT molecular complexity index is 2970. The molecule has 4 nitrogen and oxygen atoms in total. The normalized spacial score (nSPS) is 15.4. The lowest BCUT2D eigenvalue weighted by Gasteiger charge is -2.24. The Kier molecular flexibility index (Phi) is 8.44. The Morgan fingerprint density at radius 1 is 0.561 bits per heavy atom. The number of benzene rings is 5. The fourth-order valence-electron chi connectivity index (χ4n) is 9.51. The van der Waals surface area contributed by atoms with Gasteiger partial charge in [-0.25, -0.2) is 9.97 Å². The molecule has 2 heterocycles. The van der Waals surface area contributed by atoms with Crippen LogP contribution in [0.2, 0.25) is 0 Å². The minimum absolute atomic E-state index is 0.220. The van der Waals surface area contributed by atoms with Gasteiger partial charge in [-0.05, 0) is 150 Å². The molecule has 0 bridgehead atoms. The zero-order chi connectivity index (χ0) is 39.8. The highest BCUT2D eigenvalue weighted by Crippen LogP contribution is 2.57. The van der Waals surface area contributed by atoms with Crippen LogP contribution in [0, 0.1) is 6.92 Å². The van der Waals surface area contributed by atoms with E-state index < -0.39 is 0 Å². The summed E-state index contributed by atoms with van der Waals surface area (Å²) < 4.78 is 4.52. The summed E-state index contributed by atoms with van der Waals surface area (Å²) in [5.41, 5.74) is 19.8. The van der Waals surface area contributed by atoms with Gasteiger partial charge in [0.15, 0.2) is 0 Å². The topological polar surface area (TPSA) is 35.6 Å². The van der Waals surface area contributed by atoms with Gasteiger partial charge in [-0.1, -0.05) is 102 Å². The zero-order valence-electron chi connectivity index (χ0n) is 34.0. The van der Waals surface area contributed by atoms with E-state index in [-0.39, 0.29) is 10.8 Å². The molecule has 2 aromatic heterocycles. The molecule has 9 rings (SSSR count). The number of fused-ring (bicyclic) bond motifs is 8. The molecule has 7 aromatic rings. The number of rotatable bonds is 8. The average Bonchev–Trinajstić information content (AvgIpc) is 3.90. The molecule has 0 saturated heterocycles. The van der Waals surface area contributed by atoms with Gasteiger partial charge in [0.25, 0.3) is 0 Å². The van der Waals surface area contributed by atoms with E-state index in [0.717, 1.165) is 56.2 Å². The van der Waals surface area contributed by atoms with E-state index in [1.807, 2.05) is 32.1 Å². The number of hydrogen-bond acceptors (Lipinski definition) is 2. The summed E-state index contributed by atoms with van der Waals surface area (Å²) >= 11 is 0. The lowest BCUT2D eigenvalue weighted by atomic mass is 9.79. The van der Waals surface area contributed by atoms with Crippen LogP contribution < -0.4 is 0 Å². The summed E-state index contributed by atoms with van der Waals surface area (Å²) in [7, 11) is 0.